The summed E-state index contributed by atoms with van der Waals surface area (Å²) < 4.78 is 5.86. The maximum Gasteiger partial charge on any atom is 0.222 e. The van der Waals surface area contributed by atoms with Crippen LogP contribution in [0.15, 0.2) is 54.6 Å². The summed E-state index contributed by atoms with van der Waals surface area (Å²) in [5.74, 6) is 1.91. The highest BCUT2D eigenvalue weighted by atomic mass is 16.5. The first-order chi connectivity index (χ1) is 10.8. The molecular weight excluding hydrogens is 274 g/mol. The van der Waals surface area contributed by atoms with Crippen molar-refractivity contribution in [1.82, 2.24) is 4.90 Å². The van der Waals surface area contributed by atoms with Gasteiger partial charge in [-0.25, -0.2) is 0 Å². The maximum atomic E-state index is 12.1. The molecule has 1 amide bonds. The van der Waals surface area contributed by atoms with E-state index in [2.05, 4.69) is 6.07 Å². The number of benzene rings is 2. The zero-order valence-electron chi connectivity index (χ0n) is 12.7. The van der Waals surface area contributed by atoms with Crippen LogP contribution in [-0.2, 0) is 11.3 Å². The lowest BCUT2D eigenvalue weighted by Crippen LogP contribution is -2.29. The molecule has 0 N–H and O–H groups in total. The predicted molar refractivity (Wildman–Crippen MR) is 86.8 cm³/mol. The van der Waals surface area contributed by atoms with Gasteiger partial charge in [0.05, 0.1) is 0 Å². The van der Waals surface area contributed by atoms with Gasteiger partial charge in [0.25, 0.3) is 0 Å². The summed E-state index contributed by atoms with van der Waals surface area (Å²) in [6.45, 7) is 1.54. The molecule has 2 aromatic carbocycles. The molecule has 1 aliphatic rings. The SMILES string of the molecule is O=C1CCCCCN1Cc1cccc(Oc2ccccc2)c1. The molecule has 0 aromatic heterocycles. The molecule has 1 heterocycles. The summed E-state index contributed by atoms with van der Waals surface area (Å²) in [7, 11) is 0. The number of hydrogen-bond donors (Lipinski definition) is 0. The molecule has 22 heavy (non-hydrogen) atoms. The molecular formula is C19H21NO2. The van der Waals surface area contributed by atoms with Crippen LogP contribution >= 0.6 is 0 Å². The zero-order chi connectivity index (χ0) is 15.2. The second-order valence-corrected chi connectivity index (χ2v) is 5.69. The number of likely N-dealkylation sites (tertiary alicyclic amines) is 1. The Labute approximate surface area is 131 Å². The minimum atomic E-state index is 0.270. The maximum absolute atomic E-state index is 12.1. The number of ether oxygens (including phenoxy) is 1. The molecule has 0 atom stereocenters. The van der Waals surface area contributed by atoms with Crippen molar-refractivity contribution >= 4 is 5.91 Å². The molecule has 0 spiro atoms. The molecule has 0 radical (unpaired) electrons. The second kappa shape index (κ2) is 7.12. The van der Waals surface area contributed by atoms with Gasteiger partial charge in [0.15, 0.2) is 0 Å². The van der Waals surface area contributed by atoms with Crippen molar-refractivity contribution in [2.24, 2.45) is 0 Å². The third kappa shape index (κ3) is 3.88. The molecule has 0 bridgehead atoms. The van der Waals surface area contributed by atoms with E-state index < -0.39 is 0 Å². The number of rotatable bonds is 4. The van der Waals surface area contributed by atoms with Gasteiger partial charge in [-0.05, 0) is 42.7 Å². The summed E-state index contributed by atoms with van der Waals surface area (Å²) in [5.41, 5.74) is 1.11. The Hall–Kier alpha value is -2.29. The Morgan fingerprint density at radius 3 is 2.59 bits per heavy atom. The molecule has 1 aliphatic heterocycles. The largest absolute Gasteiger partial charge is 0.457 e. The quantitative estimate of drug-likeness (QED) is 0.837. The van der Waals surface area contributed by atoms with Crippen molar-refractivity contribution < 1.29 is 9.53 Å². The topological polar surface area (TPSA) is 29.5 Å². The molecule has 0 aliphatic carbocycles. The molecule has 2 aromatic rings. The van der Waals surface area contributed by atoms with Gasteiger partial charge in [-0.1, -0.05) is 36.8 Å². The normalized spacial score (nSPS) is 15.5. The molecule has 1 saturated heterocycles. The molecule has 0 unspecified atom stereocenters. The molecule has 0 saturated carbocycles. The van der Waals surface area contributed by atoms with Crippen molar-refractivity contribution in [3.05, 3.63) is 60.2 Å². The Morgan fingerprint density at radius 1 is 0.909 bits per heavy atom. The van der Waals surface area contributed by atoms with E-state index in [4.69, 9.17) is 4.74 Å². The first-order valence-corrected chi connectivity index (χ1v) is 7.91. The molecule has 3 nitrogen and oxygen atoms in total. The van der Waals surface area contributed by atoms with Crippen LogP contribution in [0.3, 0.4) is 0 Å². The predicted octanol–water partition coefficient (Wildman–Crippen LogP) is 4.38. The van der Waals surface area contributed by atoms with Crippen molar-refractivity contribution in [2.45, 2.75) is 32.2 Å². The first-order valence-electron chi connectivity index (χ1n) is 7.91. The molecule has 3 rings (SSSR count). The molecule has 3 heteroatoms. The lowest BCUT2D eigenvalue weighted by Gasteiger charge is -2.20. The van der Waals surface area contributed by atoms with E-state index in [-0.39, 0.29) is 5.91 Å². The standard InChI is InChI=1S/C19H21NO2/c21-19-12-5-2-6-13-20(19)15-16-8-7-11-18(14-16)22-17-9-3-1-4-10-17/h1,3-4,7-11,14H,2,5-6,12-13,15H2. The van der Waals surface area contributed by atoms with Crippen LogP contribution in [0.1, 0.15) is 31.2 Å². The smallest absolute Gasteiger partial charge is 0.222 e. The summed E-state index contributed by atoms with van der Waals surface area (Å²) in [5, 5.41) is 0. The monoisotopic (exact) mass is 295 g/mol. The number of nitrogens with zero attached hydrogens (tertiary/aromatic N) is 1. The van der Waals surface area contributed by atoms with Crippen LogP contribution in [0, 0.1) is 0 Å². The highest BCUT2D eigenvalue weighted by Crippen LogP contribution is 2.23. The van der Waals surface area contributed by atoms with Crippen molar-refractivity contribution in [3.8, 4) is 11.5 Å². The second-order valence-electron chi connectivity index (χ2n) is 5.69. The number of para-hydroxylation sites is 1. The van der Waals surface area contributed by atoms with Gasteiger partial charge in [-0.3, -0.25) is 4.79 Å². The van der Waals surface area contributed by atoms with E-state index >= 15 is 0 Å². The third-order valence-corrected chi connectivity index (χ3v) is 3.92. The Kier molecular flexibility index (Phi) is 4.74. The van der Waals surface area contributed by atoms with Crippen molar-refractivity contribution in [1.29, 1.82) is 0 Å². The van der Waals surface area contributed by atoms with E-state index in [0.29, 0.717) is 13.0 Å². The van der Waals surface area contributed by atoms with Crippen LogP contribution in [0.4, 0.5) is 0 Å². The van der Waals surface area contributed by atoms with E-state index in [1.165, 1.54) is 0 Å². The van der Waals surface area contributed by atoms with Gasteiger partial charge in [0.2, 0.25) is 5.91 Å². The van der Waals surface area contributed by atoms with Gasteiger partial charge in [-0.15, -0.1) is 0 Å². The number of carbonyl (C=O) groups excluding carboxylic acids is 1. The van der Waals surface area contributed by atoms with Crippen LogP contribution in [0.25, 0.3) is 0 Å². The van der Waals surface area contributed by atoms with Crippen molar-refractivity contribution in [2.75, 3.05) is 6.54 Å². The average Bonchev–Trinajstić information content (AvgIpc) is 2.74. The van der Waals surface area contributed by atoms with Crippen molar-refractivity contribution in [3.63, 3.8) is 0 Å². The van der Waals surface area contributed by atoms with Crippen LogP contribution in [0.5, 0.6) is 11.5 Å². The van der Waals surface area contributed by atoms with Crippen LogP contribution in [0.2, 0.25) is 0 Å². The Balaban J connectivity index is 1.69. The van der Waals surface area contributed by atoms with E-state index in [1.807, 2.05) is 53.4 Å². The number of carbonyl (C=O) groups is 1. The fourth-order valence-electron chi connectivity index (χ4n) is 2.76. The number of hydrogen-bond acceptors (Lipinski definition) is 2. The Morgan fingerprint density at radius 2 is 1.73 bits per heavy atom. The summed E-state index contributed by atoms with van der Waals surface area (Å²) in [6, 6.07) is 17.7. The molecule has 114 valence electrons. The van der Waals surface area contributed by atoms with Gasteiger partial charge in [0, 0.05) is 19.5 Å². The average molecular weight is 295 g/mol. The van der Waals surface area contributed by atoms with Crippen LogP contribution in [-0.4, -0.2) is 17.4 Å². The van der Waals surface area contributed by atoms with E-state index in [1.54, 1.807) is 0 Å². The van der Waals surface area contributed by atoms with Crippen LogP contribution < -0.4 is 4.74 Å². The molecule has 1 fully saturated rings. The summed E-state index contributed by atoms with van der Waals surface area (Å²) in [6.07, 6.45) is 3.96. The summed E-state index contributed by atoms with van der Waals surface area (Å²) in [4.78, 5) is 14.1. The fourth-order valence-corrected chi connectivity index (χ4v) is 2.76. The highest BCUT2D eigenvalue weighted by molar-refractivity contribution is 5.76. The minimum Gasteiger partial charge on any atom is -0.457 e. The summed E-state index contributed by atoms with van der Waals surface area (Å²) >= 11 is 0. The first kappa shape index (κ1) is 14.6. The van der Waals surface area contributed by atoms with E-state index in [9.17, 15) is 4.79 Å². The van der Waals surface area contributed by atoms with Gasteiger partial charge in [0.1, 0.15) is 11.5 Å². The zero-order valence-corrected chi connectivity index (χ0v) is 12.7. The van der Waals surface area contributed by atoms with Gasteiger partial charge >= 0.3 is 0 Å². The van der Waals surface area contributed by atoms with E-state index in [0.717, 1.165) is 42.9 Å². The van der Waals surface area contributed by atoms with Gasteiger partial charge < -0.3 is 9.64 Å². The fraction of sp³-hybridized carbons (Fsp3) is 0.316. The van der Waals surface area contributed by atoms with Gasteiger partial charge in [-0.2, -0.15) is 0 Å². The highest BCUT2D eigenvalue weighted by Gasteiger charge is 2.16. The minimum absolute atomic E-state index is 0.270. The Bertz CT molecular complexity index is 624. The third-order valence-electron chi connectivity index (χ3n) is 3.92. The number of amides is 1. The lowest BCUT2D eigenvalue weighted by molar-refractivity contribution is -0.131. The lowest BCUT2D eigenvalue weighted by atomic mass is 10.2.